The molecule has 1 aliphatic heterocycles. The summed E-state index contributed by atoms with van der Waals surface area (Å²) in [5.41, 5.74) is 1.11. The minimum atomic E-state index is -0.475. The van der Waals surface area contributed by atoms with Crippen LogP contribution in [-0.4, -0.2) is 34.8 Å². The first-order valence-electron chi connectivity index (χ1n) is 5.59. The highest BCUT2D eigenvalue weighted by molar-refractivity contribution is 5.96. The SMILES string of the molecule is Cc1cccc(NC(=O)C2CC(O)CN2)c1O. The first kappa shape index (κ1) is 11.9. The molecule has 0 aliphatic carbocycles. The number of phenolic OH excluding ortho intramolecular Hbond substituents is 1. The largest absolute Gasteiger partial charge is 0.505 e. The summed E-state index contributed by atoms with van der Waals surface area (Å²) in [6.45, 7) is 2.19. The second-order valence-electron chi connectivity index (χ2n) is 4.31. The molecule has 1 aliphatic rings. The van der Waals surface area contributed by atoms with Crippen LogP contribution >= 0.6 is 0 Å². The van der Waals surface area contributed by atoms with Crippen molar-refractivity contribution in [3.8, 4) is 5.75 Å². The Bertz CT molecular complexity index is 434. The molecule has 2 rings (SSSR count). The molecule has 92 valence electrons. The van der Waals surface area contributed by atoms with Gasteiger partial charge in [0, 0.05) is 6.54 Å². The second-order valence-corrected chi connectivity index (χ2v) is 4.31. The van der Waals surface area contributed by atoms with Crippen LogP contribution in [0.25, 0.3) is 0 Å². The van der Waals surface area contributed by atoms with Gasteiger partial charge in [-0.25, -0.2) is 0 Å². The zero-order valence-electron chi connectivity index (χ0n) is 9.60. The van der Waals surface area contributed by atoms with E-state index in [1.807, 2.05) is 0 Å². The normalized spacial score (nSPS) is 23.6. The number of phenols is 1. The number of aliphatic hydroxyl groups excluding tert-OH is 1. The number of anilines is 1. The number of aromatic hydroxyl groups is 1. The Labute approximate surface area is 99.5 Å². The predicted molar refractivity (Wildman–Crippen MR) is 63.9 cm³/mol. The molecule has 17 heavy (non-hydrogen) atoms. The van der Waals surface area contributed by atoms with E-state index in [-0.39, 0.29) is 11.7 Å². The smallest absolute Gasteiger partial charge is 0.241 e. The van der Waals surface area contributed by atoms with Crippen LogP contribution in [0, 0.1) is 6.92 Å². The number of nitrogens with one attached hydrogen (secondary N) is 2. The van der Waals surface area contributed by atoms with Crippen LogP contribution in [0.4, 0.5) is 5.69 Å². The van der Waals surface area contributed by atoms with Crippen molar-refractivity contribution < 1.29 is 15.0 Å². The van der Waals surface area contributed by atoms with Gasteiger partial charge in [0.2, 0.25) is 5.91 Å². The molecule has 2 unspecified atom stereocenters. The van der Waals surface area contributed by atoms with E-state index in [1.54, 1.807) is 25.1 Å². The zero-order chi connectivity index (χ0) is 12.4. The van der Waals surface area contributed by atoms with Gasteiger partial charge in [0.1, 0.15) is 5.75 Å². The molecule has 0 aromatic heterocycles. The first-order chi connectivity index (χ1) is 8.08. The molecule has 1 saturated heterocycles. The molecular weight excluding hydrogens is 220 g/mol. The lowest BCUT2D eigenvalue weighted by Gasteiger charge is -2.12. The predicted octanol–water partition coefficient (Wildman–Crippen LogP) is 0.362. The molecule has 5 heteroatoms. The summed E-state index contributed by atoms with van der Waals surface area (Å²) in [7, 11) is 0. The quantitative estimate of drug-likeness (QED) is 0.559. The molecule has 0 radical (unpaired) electrons. The van der Waals surface area contributed by atoms with E-state index in [2.05, 4.69) is 10.6 Å². The lowest BCUT2D eigenvalue weighted by atomic mass is 10.1. The van der Waals surface area contributed by atoms with Crippen LogP contribution in [0.1, 0.15) is 12.0 Å². The van der Waals surface area contributed by atoms with Gasteiger partial charge >= 0.3 is 0 Å². The van der Waals surface area contributed by atoms with Crippen LogP contribution in [0.15, 0.2) is 18.2 Å². The van der Waals surface area contributed by atoms with Gasteiger partial charge in [-0.1, -0.05) is 12.1 Å². The maximum absolute atomic E-state index is 11.8. The van der Waals surface area contributed by atoms with Crippen molar-refractivity contribution in [3.63, 3.8) is 0 Å². The van der Waals surface area contributed by atoms with Gasteiger partial charge in [-0.2, -0.15) is 0 Å². The summed E-state index contributed by atoms with van der Waals surface area (Å²) in [4.78, 5) is 11.8. The second kappa shape index (κ2) is 4.73. The Morgan fingerprint density at radius 2 is 2.29 bits per heavy atom. The van der Waals surface area contributed by atoms with E-state index >= 15 is 0 Å². The molecule has 1 heterocycles. The third kappa shape index (κ3) is 2.57. The van der Waals surface area contributed by atoms with Crippen LogP contribution in [-0.2, 0) is 4.79 Å². The summed E-state index contributed by atoms with van der Waals surface area (Å²) < 4.78 is 0. The van der Waals surface area contributed by atoms with Crippen LogP contribution in [0.3, 0.4) is 0 Å². The Kier molecular flexibility index (Phi) is 3.31. The van der Waals surface area contributed by atoms with Crippen molar-refractivity contribution in [2.75, 3.05) is 11.9 Å². The zero-order valence-corrected chi connectivity index (χ0v) is 9.60. The van der Waals surface area contributed by atoms with Gasteiger partial charge in [-0.3, -0.25) is 4.79 Å². The number of aliphatic hydroxyl groups is 1. The average Bonchev–Trinajstić information content (AvgIpc) is 2.72. The van der Waals surface area contributed by atoms with Gasteiger partial charge in [0.25, 0.3) is 0 Å². The number of para-hydroxylation sites is 1. The van der Waals surface area contributed by atoms with Crippen molar-refractivity contribution >= 4 is 11.6 Å². The summed E-state index contributed by atoms with van der Waals surface area (Å²) in [5.74, 6) is -0.151. The minimum absolute atomic E-state index is 0.0828. The highest BCUT2D eigenvalue weighted by atomic mass is 16.3. The van der Waals surface area contributed by atoms with E-state index in [4.69, 9.17) is 0 Å². The number of amides is 1. The van der Waals surface area contributed by atoms with Crippen LogP contribution < -0.4 is 10.6 Å². The van der Waals surface area contributed by atoms with E-state index < -0.39 is 12.1 Å². The Balaban J connectivity index is 2.06. The van der Waals surface area contributed by atoms with Gasteiger partial charge in [0.05, 0.1) is 17.8 Å². The highest BCUT2D eigenvalue weighted by Gasteiger charge is 2.28. The standard InChI is InChI=1S/C12H16N2O3/c1-7-3-2-4-9(11(7)16)14-12(17)10-5-8(15)6-13-10/h2-4,8,10,13,15-16H,5-6H2,1H3,(H,14,17). The van der Waals surface area contributed by atoms with Crippen molar-refractivity contribution in [3.05, 3.63) is 23.8 Å². The Morgan fingerprint density at radius 3 is 2.94 bits per heavy atom. The fourth-order valence-electron chi connectivity index (χ4n) is 1.90. The first-order valence-corrected chi connectivity index (χ1v) is 5.59. The molecule has 1 aromatic rings. The minimum Gasteiger partial charge on any atom is -0.505 e. The number of aryl methyl sites for hydroxylation is 1. The molecule has 1 amide bonds. The van der Waals surface area contributed by atoms with Gasteiger partial charge in [0.15, 0.2) is 0 Å². The molecule has 2 atom stereocenters. The molecule has 1 fully saturated rings. The number of hydrogen-bond donors (Lipinski definition) is 4. The van der Waals surface area contributed by atoms with Crippen molar-refractivity contribution in [2.24, 2.45) is 0 Å². The molecule has 1 aromatic carbocycles. The van der Waals surface area contributed by atoms with Gasteiger partial charge in [-0.15, -0.1) is 0 Å². The molecule has 5 nitrogen and oxygen atoms in total. The molecule has 0 spiro atoms. The number of hydrogen-bond acceptors (Lipinski definition) is 4. The van der Waals surface area contributed by atoms with E-state index in [9.17, 15) is 15.0 Å². The highest BCUT2D eigenvalue weighted by Crippen LogP contribution is 2.26. The molecule has 0 saturated carbocycles. The Hall–Kier alpha value is -1.59. The van der Waals surface area contributed by atoms with Crippen molar-refractivity contribution in [1.82, 2.24) is 5.32 Å². The van der Waals surface area contributed by atoms with E-state index in [0.717, 1.165) is 0 Å². The van der Waals surface area contributed by atoms with Crippen LogP contribution in [0.2, 0.25) is 0 Å². The topological polar surface area (TPSA) is 81.6 Å². The monoisotopic (exact) mass is 236 g/mol. The maximum atomic E-state index is 11.8. The molecular formula is C12H16N2O3. The summed E-state index contributed by atoms with van der Waals surface area (Å²) >= 11 is 0. The average molecular weight is 236 g/mol. The van der Waals surface area contributed by atoms with Crippen molar-refractivity contribution in [1.29, 1.82) is 0 Å². The fourth-order valence-corrected chi connectivity index (χ4v) is 1.90. The Morgan fingerprint density at radius 1 is 1.53 bits per heavy atom. The lowest BCUT2D eigenvalue weighted by Crippen LogP contribution is -2.35. The number of carbonyl (C=O) groups excluding carboxylic acids is 1. The van der Waals surface area contributed by atoms with Gasteiger partial charge < -0.3 is 20.8 Å². The fraction of sp³-hybridized carbons (Fsp3) is 0.417. The van der Waals surface area contributed by atoms with E-state index in [0.29, 0.717) is 24.2 Å². The molecule has 0 bridgehead atoms. The lowest BCUT2D eigenvalue weighted by molar-refractivity contribution is -0.117. The summed E-state index contributed by atoms with van der Waals surface area (Å²) in [6, 6.07) is 4.78. The maximum Gasteiger partial charge on any atom is 0.241 e. The number of rotatable bonds is 2. The molecule has 4 N–H and O–H groups in total. The summed E-state index contributed by atoms with van der Waals surface area (Å²) in [5, 5.41) is 24.6. The van der Waals surface area contributed by atoms with Crippen LogP contribution in [0.5, 0.6) is 5.75 Å². The number of benzene rings is 1. The third-order valence-corrected chi connectivity index (χ3v) is 2.92. The number of β-amino-alcohol motifs (C(OH)–C–C–N with tert-alkyl or cyclic N) is 1. The number of carbonyl (C=O) groups is 1. The van der Waals surface area contributed by atoms with E-state index in [1.165, 1.54) is 0 Å². The van der Waals surface area contributed by atoms with Gasteiger partial charge in [-0.05, 0) is 25.0 Å². The summed E-state index contributed by atoms with van der Waals surface area (Å²) in [6.07, 6.45) is -0.0739. The third-order valence-electron chi connectivity index (χ3n) is 2.92. The van der Waals surface area contributed by atoms with Crippen molar-refractivity contribution in [2.45, 2.75) is 25.5 Å².